The molecule has 0 bridgehead atoms. The number of aromatic nitrogens is 2. The average Bonchev–Trinajstić information content (AvgIpc) is 3.36. The van der Waals surface area contributed by atoms with Crippen LogP contribution in [0.25, 0.3) is 22.2 Å². The molecule has 1 saturated heterocycles. The van der Waals surface area contributed by atoms with E-state index in [1.165, 1.54) is 15.3 Å². The summed E-state index contributed by atoms with van der Waals surface area (Å²) in [4.78, 5) is 16.3. The van der Waals surface area contributed by atoms with E-state index in [0.717, 1.165) is 16.5 Å². The first-order valence-corrected chi connectivity index (χ1v) is 10.7. The molecule has 1 aliphatic heterocycles. The molecule has 30 heavy (non-hydrogen) atoms. The smallest absolute Gasteiger partial charge is 0.407 e. The van der Waals surface area contributed by atoms with Gasteiger partial charge >= 0.3 is 6.09 Å². The normalized spacial score (nSPS) is 14.7. The zero-order chi connectivity index (χ0) is 20.9. The highest BCUT2D eigenvalue weighted by Gasteiger charge is 2.31. The highest BCUT2D eigenvalue weighted by Crippen LogP contribution is 2.31. The second-order valence-electron chi connectivity index (χ2n) is 7.21. The highest BCUT2D eigenvalue weighted by atomic mass is 32.2. The third-order valence-electron chi connectivity index (χ3n) is 5.43. The minimum absolute atomic E-state index is 0.133. The first-order valence-electron chi connectivity index (χ1n) is 9.27. The summed E-state index contributed by atoms with van der Waals surface area (Å²) in [5.41, 5.74) is 2.32. The summed E-state index contributed by atoms with van der Waals surface area (Å²) in [5, 5.41) is 9.78. The Morgan fingerprint density at radius 2 is 1.87 bits per heavy atom. The number of hydrogen-bond acceptors (Lipinski definition) is 5. The number of rotatable bonds is 4. The molecule has 1 amide bonds. The number of nitrogens with zero attached hydrogens (tertiary/aromatic N) is 3. The van der Waals surface area contributed by atoms with Gasteiger partial charge in [0.15, 0.2) is 12.2 Å². The fourth-order valence-electron chi connectivity index (χ4n) is 3.71. The van der Waals surface area contributed by atoms with Crippen LogP contribution in [0.3, 0.4) is 0 Å². The van der Waals surface area contributed by atoms with Gasteiger partial charge in [0.1, 0.15) is 0 Å². The van der Waals surface area contributed by atoms with Gasteiger partial charge in [0.25, 0.3) is 10.0 Å². The first-order chi connectivity index (χ1) is 14.4. The Morgan fingerprint density at radius 1 is 1.10 bits per heavy atom. The Labute approximate surface area is 172 Å². The molecule has 0 spiro atoms. The second-order valence-corrected chi connectivity index (χ2v) is 9.02. The van der Waals surface area contributed by atoms with Gasteiger partial charge in [0.05, 0.1) is 16.6 Å². The summed E-state index contributed by atoms with van der Waals surface area (Å²) in [7, 11) is -3.77. The largest absolute Gasteiger partial charge is 0.465 e. The molecular formula is C21H17N3O5S. The predicted molar refractivity (Wildman–Crippen MR) is 109 cm³/mol. The molecular weight excluding hydrogens is 406 g/mol. The van der Waals surface area contributed by atoms with E-state index in [1.54, 1.807) is 48.8 Å². The van der Waals surface area contributed by atoms with E-state index in [1.807, 2.05) is 12.1 Å². The molecule has 0 saturated carbocycles. The van der Waals surface area contributed by atoms with Crippen LogP contribution >= 0.6 is 0 Å². The zero-order valence-corrected chi connectivity index (χ0v) is 16.5. The van der Waals surface area contributed by atoms with E-state index in [2.05, 4.69) is 4.98 Å². The van der Waals surface area contributed by atoms with Gasteiger partial charge in [-0.05, 0) is 48.0 Å². The van der Waals surface area contributed by atoms with Crippen molar-refractivity contribution in [1.82, 2.24) is 13.9 Å². The van der Waals surface area contributed by atoms with E-state index >= 15 is 0 Å². The second kappa shape index (κ2) is 6.74. The molecule has 0 aliphatic carbocycles. The standard InChI is InChI=1S/C21H17N3O5S/c25-21(26)23-11-17(12-23)15-3-6-19-16(9-15)7-8-24(19)30(27,28)18-4-1-14(2-5-18)20-10-22-13-29-20/h1-10,13,17H,11-12H2,(H,25,26). The van der Waals surface area contributed by atoms with E-state index in [9.17, 15) is 13.2 Å². The van der Waals surface area contributed by atoms with Crippen LogP contribution in [-0.2, 0) is 10.0 Å². The topological polar surface area (TPSA) is 106 Å². The maximum Gasteiger partial charge on any atom is 0.407 e. The molecule has 0 unspecified atom stereocenters. The summed E-state index contributed by atoms with van der Waals surface area (Å²) in [6.07, 6.45) is 3.51. The number of likely N-dealkylation sites (tertiary alicyclic amines) is 1. The van der Waals surface area contributed by atoms with Crippen molar-refractivity contribution >= 4 is 27.0 Å². The number of carboxylic acid groups (broad SMARTS) is 1. The van der Waals surface area contributed by atoms with Crippen LogP contribution in [0.15, 0.2) is 76.6 Å². The molecule has 4 aromatic rings. The van der Waals surface area contributed by atoms with Crippen molar-refractivity contribution in [2.45, 2.75) is 10.8 Å². The quantitative estimate of drug-likeness (QED) is 0.538. The van der Waals surface area contributed by atoms with E-state index in [4.69, 9.17) is 9.52 Å². The molecule has 2 aromatic heterocycles. The van der Waals surface area contributed by atoms with Crippen LogP contribution in [0, 0.1) is 0 Å². The van der Waals surface area contributed by atoms with Crippen molar-refractivity contribution in [3.05, 3.63) is 72.9 Å². The highest BCUT2D eigenvalue weighted by molar-refractivity contribution is 7.90. The molecule has 1 N–H and O–H groups in total. The zero-order valence-electron chi connectivity index (χ0n) is 15.7. The third kappa shape index (κ3) is 2.94. The van der Waals surface area contributed by atoms with Crippen LogP contribution in [0.5, 0.6) is 0 Å². The van der Waals surface area contributed by atoms with Crippen LogP contribution in [0.2, 0.25) is 0 Å². The Kier molecular flexibility index (Phi) is 4.14. The van der Waals surface area contributed by atoms with Gasteiger partial charge in [-0.15, -0.1) is 0 Å². The Balaban J connectivity index is 1.44. The number of hydrogen-bond donors (Lipinski definition) is 1. The summed E-state index contributed by atoms with van der Waals surface area (Å²) >= 11 is 0. The molecule has 1 fully saturated rings. The SMILES string of the molecule is O=C(O)N1CC(c2ccc3c(ccn3S(=O)(=O)c3ccc(-c4cnco4)cc3)c2)C1. The lowest BCUT2D eigenvalue weighted by Gasteiger charge is -2.37. The van der Waals surface area contributed by atoms with Crippen LogP contribution in [0.1, 0.15) is 11.5 Å². The van der Waals surface area contributed by atoms with Crippen LogP contribution in [0.4, 0.5) is 4.79 Å². The number of fused-ring (bicyclic) bond motifs is 1. The fraction of sp³-hybridized carbons (Fsp3) is 0.143. The van der Waals surface area contributed by atoms with Gasteiger partial charge in [-0.25, -0.2) is 22.2 Å². The van der Waals surface area contributed by atoms with Crippen molar-refractivity contribution in [3.8, 4) is 11.3 Å². The molecule has 8 nitrogen and oxygen atoms in total. The maximum atomic E-state index is 13.2. The minimum Gasteiger partial charge on any atom is -0.465 e. The van der Waals surface area contributed by atoms with E-state index < -0.39 is 16.1 Å². The number of carbonyl (C=O) groups is 1. The summed E-state index contributed by atoms with van der Waals surface area (Å²) in [6, 6.07) is 13.8. The van der Waals surface area contributed by atoms with Gasteiger partial charge in [-0.3, -0.25) is 0 Å². The lowest BCUT2D eigenvalue weighted by molar-refractivity contribution is 0.105. The Hall–Kier alpha value is -3.59. The monoisotopic (exact) mass is 423 g/mol. The lowest BCUT2D eigenvalue weighted by atomic mass is 9.91. The Morgan fingerprint density at radius 3 is 2.53 bits per heavy atom. The number of oxazole rings is 1. The number of benzene rings is 2. The van der Waals surface area contributed by atoms with Gasteiger partial charge < -0.3 is 14.4 Å². The molecule has 3 heterocycles. The summed E-state index contributed by atoms with van der Waals surface area (Å²) < 4.78 is 32.8. The summed E-state index contributed by atoms with van der Waals surface area (Å²) in [6.45, 7) is 0.911. The van der Waals surface area contributed by atoms with E-state index in [0.29, 0.717) is 24.4 Å². The van der Waals surface area contributed by atoms with Crippen LogP contribution < -0.4 is 0 Å². The molecule has 0 atom stereocenters. The van der Waals surface area contributed by atoms with E-state index in [-0.39, 0.29) is 10.8 Å². The molecule has 152 valence electrons. The average molecular weight is 423 g/mol. The van der Waals surface area contributed by atoms with Crippen LogP contribution in [-0.4, -0.2) is 46.6 Å². The first kappa shape index (κ1) is 18.4. The van der Waals surface area contributed by atoms with Crippen molar-refractivity contribution < 1.29 is 22.7 Å². The predicted octanol–water partition coefficient (Wildman–Crippen LogP) is 3.61. The molecule has 5 rings (SSSR count). The number of amides is 1. The lowest BCUT2D eigenvalue weighted by Crippen LogP contribution is -2.47. The minimum atomic E-state index is -3.77. The van der Waals surface area contributed by atoms with Crippen molar-refractivity contribution in [1.29, 1.82) is 0 Å². The summed E-state index contributed by atoms with van der Waals surface area (Å²) in [5.74, 6) is 0.699. The molecule has 1 aliphatic rings. The van der Waals surface area contributed by atoms with Crippen molar-refractivity contribution in [2.24, 2.45) is 0 Å². The van der Waals surface area contributed by atoms with Crippen molar-refractivity contribution in [3.63, 3.8) is 0 Å². The van der Waals surface area contributed by atoms with Gasteiger partial charge in [-0.2, -0.15) is 0 Å². The molecule has 2 aromatic carbocycles. The third-order valence-corrected chi connectivity index (χ3v) is 7.13. The van der Waals surface area contributed by atoms with Gasteiger partial charge in [0.2, 0.25) is 0 Å². The molecule has 9 heteroatoms. The van der Waals surface area contributed by atoms with Gasteiger partial charge in [0, 0.05) is 36.2 Å². The van der Waals surface area contributed by atoms with Gasteiger partial charge in [-0.1, -0.05) is 6.07 Å². The fourth-order valence-corrected chi connectivity index (χ4v) is 5.06. The maximum absolute atomic E-state index is 13.2. The molecule has 0 radical (unpaired) electrons. The Bertz CT molecular complexity index is 1340. The van der Waals surface area contributed by atoms with Crippen molar-refractivity contribution in [2.75, 3.05) is 13.1 Å².